The summed E-state index contributed by atoms with van der Waals surface area (Å²) in [5, 5.41) is 0. The first-order valence-corrected chi connectivity index (χ1v) is 6.54. The Bertz CT molecular complexity index is 697. The molecular weight excluding hydrogens is 277 g/mol. The van der Waals surface area contributed by atoms with Gasteiger partial charge in [0.15, 0.2) is 23.2 Å². The van der Waals surface area contributed by atoms with Gasteiger partial charge in [0.2, 0.25) is 0 Å². The van der Waals surface area contributed by atoms with Gasteiger partial charge in [-0.2, -0.15) is 0 Å². The zero-order chi connectivity index (χ0) is 15.7. The quantitative estimate of drug-likeness (QED) is 0.603. The van der Waals surface area contributed by atoms with Crippen molar-refractivity contribution in [2.75, 3.05) is 0 Å². The molecule has 2 rings (SSSR count). The maximum absolute atomic E-state index is 13.6. The average Bonchev–Trinajstić information content (AvgIpc) is 2.40. The number of hydrogen-bond acceptors (Lipinski definition) is 1. The van der Waals surface area contributed by atoms with Crippen molar-refractivity contribution in [2.45, 2.75) is 27.2 Å². The lowest BCUT2D eigenvalue weighted by atomic mass is 9.93. The molecule has 0 bridgehead atoms. The Balaban J connectivity index is 2.38. The molecule has 4 heteroatoms. The van der Waals surface area contributed by atoms with E-state index < -0.39 is 28.8 Å². The van der Waals surface area contributed by atoms with Crippen LogP contribution >= 0.6 is 0 Å². The van der Waals surface area contributed by atoms with Crippen molar-refractivity contribution in [3.63, 3.8) is 0 Å². The smallest absolute Gasteiger partial charge is 0.195 e. The molecule has 0 heterocycles. The summed E-state index contributed by atoms with van der Waals surface area (Å²) in [4.78, 5) is 12.2. The SMILES string of the molecule is Cc1cc(C)c(CC(=O)c2ccc(F)c(F)c2F)c(C)c1. The largest absolute Gasteiger partial charge is 0.294 e. The number of ketones is 1. The highest BCUT2D eigenvalue weighted by Gasteiger charge is 2.20. The Kier molecular flexibility index (Phi) is 4.16. The Morgan fingerprint density at radius 2 is 1.52 bits per heavy atom. The highest BCUT2D eigenvalue weighted by Crippen LogP contribution is 2.21. The predicted octanol–water partition coefficient (Wildman–Crippen LogP) is 4.45. The number of carbonyl (C=O) groups is 1. The van der Waals surface area contributed by atoms with E-state index in [0.29, 0.717) is 0 Å². The number of carbonyl (C=O) groups excluding carboxylic acids is 1. The molecule has 0 aliphatic carbocycles. The maximum atomic E-state index is 13.6. The first kappa shape index (κ1) is 15.3. The van der Waals surface area contributed by atoms with Crippen molar-refractivity contribution in [1.29, 1.82) is 0 Å². The second kappa shape index (κ2) is 5.72. The van der Waals surface area contributed by atoms with Crippen LogP contribution in [-0.2, 0) is 6.42 Å². The van der Waals surface area contributed by atoms with Gasteiger partial charge in [-0.25, -0.2) is 13.2 Å². The molecule has 21 heavy (non-hydrogen) atoms. The monoisotopic (exact) mass is 292 g/mol. The van der Waals surface area contributed by atoms with E-state index in [0.717, 1.165) is 34.4 Å². The van der Waals surface area contributed by atoms with Crippen LogP contribution in [0.5, 0.6) is 0 Å². The van der Waals surface area contributed by atoms with Gasteiger partial charge in [0, 0.05) is 6.42 Å². The number of hydrogen-bond donors (Lipinski definition) is 0. The molecule has 0 N–H and O–H groups in total. The maximum Gasteiger partial charge on any atom is 0.195 e. The summed E-state index contributed by atoms with van der Waals surface area (Å²) in [7, 11) is 0. The van der Waals surface area contributed by atoms with E-state index in [2.05, 4.69) is 0 Å². The third-order valence-corrected chi connectivity index (χ3v) is 3.51. The molecule has 0 aromatic heterocycles. The molecule has 0 aliphatic rings. The average molecular weight is 292 g/mol. The van der Waals surface area contributed by atoms with Gasteiger partial charge < -0.3 is 0 Å². The number of aryl methyl sites for hydroxylation is 3. The van der Waals surface area contributed by atoms with Crippen LogP contribution in [0.3, 0.4) is 0 Å². The van der Waals surface area contributed by atoms with Crippen LogP contribution in [0.2, 0.25) is 0 Å². The van der Waals surface area contributed by atoms with Crippen LogP contribution in [0.4, 0.5) is 13.2 Å². The van der Waals surface area contributed by atoms with E-state index in [4.69, 9.17) is 0 Å². The van der Waals surface area contributed by atoms with Crippen LogP contribution in [0, 0.1) is 38.2 Å². The van der Waals surface area contributed by atoms with E-state index in [1.807, 2.05) is 32.9 Å². The minimum absolute atomic E-state index is 0.0417. The molecule has 0 unspecified atom stereocenters. The number of halogens is 3. The zero-order valence-corrected chi connectivity index (χ0v) is 12.1. The van der Waals surface area contributed by atoms with Gasteiger partial charge >= 0.3 is 0 Å². The van der Waals surface area contributed by atoms with Crippen molar-refractivity contribution in [1.82, 2.24) is 0 Å². The van der Waals surface area contributed by atoms with Gasteiger partial charge in [-0.15, -0.1) is 0 Å². The van der Waals surface area contributed by atoms with E-state index in [1.165, 1.54) is 0 Å². The topological polar surface area (TPSA) is 17.1 Å². The highest BCUT2D eigenvalue weighted by molar-refractivity contribution is 5.98. The molecule has 0 radical (unpaired) electrons. The van der Waals surface area contributed by atoms with Gasteiger partial charge in [-0.3, -0.25) is 4.79 Å². The molecule has 0 saturated carbocycles. The summed E-state index contributed by atoms with van der Waals surface area (Å²) in [6.07, 6.45) is -0.0417. The van der Waals surface area contributed by atoms with E-state index in [1.54, 1.807) is 0 Å². The van der Waals surface area contributed by atoms with Crippen LogP contribution in [0.1, 0.15) is 32.6 Å². The lowest BCUT2D eigenvalue weighted by Crippen LogP contribution is -2.10. The standard InChI is InChI=1S/C17H15F3O/c1-9-6-10(2)13(11(3)7-9)8-15(21)12-4-5-14(18)17(20)16(12)19/h4-7H,8H2,1-3H3. The Morgan fingerprint density at radius 3 is 2.10 bits per heavy atom. The molecule has 0 aliphatic heterocycles. The third-order valence-electron chi connectivity index (χ3n) is 3.51. The molecule has 2 aromatic rings. The van der Waals surface area contributed by atoms with Crippen LogP contribution in [-0.4, -0.2) is 5.78 Å². The number of rotatable bonds is 3. The first-order valence-electron chi connectivity index (χ1n) is 6.54. The number of benzene rings is 2. The van der Waals surface area contributed by atoms with Crippen molar-refractivity contribution in [3.05, 3.63) is 69.5 Å². The van der Waals surface area contributed by atoms with Crippen molar-refractivity contribution in [3.8, 4) is 0 Å². The van der Waals surface area contributed by atoms with Crippen LogP contribution in [0.15, 0.2) is 24.3 Å². The molecule has 0 spiro atoms. The van der Waals surface area contributed by atoms with Crippen molar-refractivity contribution >= 4 is 5.78 Å². The molecular formula is C17H15F3O. The summed E-state index contributed by atoms with van der Waals surface area (Å²) in [6.45, 7) is 5.68. The van der Waals surface area contributed by atoms with Crippen LogP contribution in [0.25, 0.3) is 0 Å². The summed E-state index contributed by atoms with van der Waals surface area (Å²) in [5.74, 6) is -4.91. The summed E-state index contributed by atoms with van der Waals surface area (Å²) in [6, 6.07) is 5.60. The third kappa shape index (κ3) is 2.99. The predicted molar refractivity (Wildman–Crippen MR) is 75.0 cm³/mol. The second-order valence-corrected chi connectivity index (χ2v) is 5.20. The summed E-state index contributed by atoms with van der Waals surface area (Å²) in [5.41, 5.74) is 3.27. The molecule has 110 valence electrons. The van der Waals surface area contributed by atoms with E-state index in [9.17, 15) is 18.0 Å². The Hall–Kier alpha value is -2.10. The number of Topliss-reactive ketones (excluding diaryl/α,β-unsaturated/α-hetero) is 1. The van der Waals surface area contributed by atoms with Gasteiger partial charge in [0.1, 0.15) is 0 Å². The minimum Gasteiger partial charge on any atom is -0.294 e. The normalized spacial score (nSPS) is 10.8. The molecule has 2 aromatic carbocycles. The molecule has 1 nitrogen and oxygen atoms in total. The molecule has 0 amide bonds. The summed E-state index contributed by atoms with van der Waals surface area (Å²) < 4.78 is 39.7. The molecule has 0 fully saturated rings. The van der Waals surface area contributed by atoms with Gasteiger partial charge in [0.05, 0.1) is 5.56 Å². The zero-order valence-electron chi connectivity index (χ0n) is 12.1. The fourth-order valence-electron chi connectivity index (χ4n) is 2.49. The molecule has 0 atom stereocenters. The lowest BCUT2D eigenvalue weighted by Gasteiger charge is -2.11. The van der Waals surface area contributed by atoms with Gasteiger partial charge in [-0.05, 0) is 49.6 Å². The van der Waals surface area contributed by atoms with E-state index >= 15 is 0 Å². The van der Waals surface area contributed by atoms with Crippen molar-refractivity contribution in [2.24, 2.45) is 0 Å². The summed E-state index contributed by atoms with van der Waals surface area (Å²) >= 11 is 0. The van der Waals surface area contributed by atoms with E-state index in [-0.39, 0.29) is 6.42 Å². The first-order chi connectivity index (χ1) is 9.81. The lowest BCUT2D eigenvalue weighted by molar-refractivity contribution is 0.0987. The highest BCUT2D eigenvalue weighted by atomic mass is 19.2. The fourth-order valence-corrected chi connectivity index (χ4v) is 2.49. The Labute approximate surface area is 121 Å². The fraction of sp³-hybridized carbons (Fsp3) is 0.235. The minimum atomic E-state index is -1.61. The van der Waals surface area contributed by atoms with Gasteiger partial charge in [-0.1, -0.05) is 17.7 Å². The molecule has 0 saturated heterocycles. The van der Waals surface area contributed by atoms with Crippen LogP contribution < -0.4 is 0 Å². The van der Waals surface area contributed by atoms with Gasteiger partial charge in [0.25, 0.3) is 0 Å². The van der Waals surface area contributed by atoms with Crippen molar-refractivity contribution < 1.29 is 18.0 Å². The Morgan fingerprint density at radius 1 is 0.952 bits per heavy atom. The second-order valence-electron chi connectivity index (χ2n) is 5.20.